The second kappa shape index (κ2) is 11.6. The molecule has 0 saturated heterocycles. The van der Waals surface area contributed by atoms with Gasteiger partial charge in [-0.3, -0.25) is 9.59 Å². The van der Waals surface area contributed by atoms with E-state index >= 15 is 0 Å². The molecule has 4 aromatic rings. The third-order valence-corrected chi connectivity index (χ3v) is 5.41. The maximum atomic E-state index is 14.9. The summed E-state index contributed by atoms with van der Waals surface area (Å²) in [5.74, 6) is -1.82. The predicted octanol–water partition coefficient (Wildman–Crippen LogP) is 4.02. The van der Waals surface area contributed by atoms with Crippen molar-refractivity contribution in [3.63, 3.8) is 0 Å². The number of likely N-dealkylation sites (N-methyl/N-ethyl adjacent to an activating group) is 1. The fourth-order valence-corrected chi connectivity index (χ4v) is 3.52. The van der Waals surface area contributed by atoms with E-state index < -0.39 is 29.9 Å². The maximum absolute atomic E-state index is 14.9. The Morgan fingerprint density at radius 1 is 1.00 bits per heavy atom. The molecule has 0 aliphatic carbocycles. The van der Waals surface area contributed by atoms with Gasteiger partial charge in [0.05, 0.1) is 6.20 Å². The number of hydrogen-bond donors (Lipinski definition) is 2. The van der Waals surface area contributed by atoms with Crippen LogP contribution in [0.1, 0.15) is 12.0 Å². The molecule has 2 N–H and O–H groups in total. The standard InChI is InChI=1S/C26H26F2N6O4/c1-16-22(37-11-10-33(2)3)14-34-25(16)26(29-15-30-34)38-21-9-8-19(12-20(21)28)32-24(36)13-23(35)31-18-6-4-17(27)5-7-18/h4-9,12,14-15H,10-11,13H2,1-3H3,(H,31,35)(H,32,36). The molecule has 10 nitrogen and oxygen atoms in total. The molecule has 0 spiro atoms. The number of aromatic nitrogens is 3. The molecule has 2 amide bonds. The summed E-state index contributed by atoms with van der Waals surface area (Å²) in [5.41, 5.74) is 1.75. The molecule has 0 fully saturated rings. The molecule has 0 saturated carbocycles. The lowest BCUT2D eigenvalue weighted by Gasteiger charge is -2.11. The summed E-state index contributed by atoms with van der Waals surface area (Å²) in [6.07, 6.45) is 2.48. The third-order valence-electron chi connectivity index (χ3n) is 5.41. The van der Waals surface area contributed by atoms with Gasteiger partial charge in [0.15, 0.2) is 11.6 Å². The zero-order valence-electron chi connectivity index (χ0n) is 21.0. The average molecular weight is 525 g/mol. The van der Waals surface area contributed by atoms with E-state index in [1.807, 2.05) is 25.9 Å². The monoisotopic (exact) mass is 524 g/mol. The highest BCUT2D eigenvalue weighted by molar-refractivity contribution is 6.08. The van der Waals surface area contributed by atoms with Gasteiger partial charge in [-0.25, -0.2) is 13.3 Å². The van der Waals surface area contributed by atoms with Gasteiger partial charge in [-0.2, -0.15) is 10.1 Å². The Morgan fingerprint density at radius 2 is 1.68 bits per heavy atom. The van der Waals surface area contributed by atoms with Gasteiger partial charge in [0.25, 0.3) is 0 Å². The lowest BCUT2D eigenvalue weighted by Crippen LogP contribution is -2.21. The second-order valence-corrected chi connectivity index (χ2v) is 8.66. The topological polar surface area (TPSA) is 110 Å². The minimum Gasteiger partial charge on any atom is -0.490 e. The summed E-state index contributed by atoms with van der Waals surface area (Å²) in [5, 5.41) is 9.12. The molecule has 4 rings (SSSR count). The molecule has 0 aliphatic rings. The minimum absolute atomic E-state index is 0.117. The van der Waals surface area contributed by atoms with Crippen LogP contribution in [0.2, 0.25) is 0 Å². The first-order valence-corrected chi connectivity index (χ1v) is 11.6. The van der Waals surface area contributed by atoms with Gasteiger partial charge in [0, 0.05) is 29.5 Å². The summed E-state index contributed by atoms with van der Waals surface area (Å²) in [4.78, 5) is 30.4. The quantitative estimate of drug-likeness (QED) is 0.302. The smallest absolute Gasteiger partial charge is 0.247 e. The van der Waals surface area contributed by atoms with Crippen LogP contribution in [0.25, 0.3) is 5.52 Å². The first-order chi connectivity index (χ1) is 18.2. The number of anilines is 2. The summed E-state index contributed by atoms with van der Waals surface area (Å²) < 4.78 is 41.0. The molecular weight excluding hydrogens is 498 g/mol. The molecule has 0 unspecified atom stereocenters. The number of carbonyl (C=O) groups excluding carboxylic acids is 2. The van der Waals surface area contributed by atoms with Crippen molar-refractivity contribution in [1.82, 2.24) is 19.5 Å². The zero-order valence-corrected chi connectivity index (χ0v) is 21.0. The van der Waals surface area contributed by atoms with Crippen molar-refractivity contribution < 1.29 is 27.8 Å². The van der Waals surface area contributed by atoms with E-state index in [1.54, 1.807) is 10.7 Å². The number of amides is 2. The van der Waals surface area contributed by atoms with Gasteiger partial charge < -0.3 is 25.0 Å². The molecule has 0 aliphatic heterocycles. The largest absolute Gasteiger partial charge is 0.490 e. The van der Waals surface area contributed by atoms with Crippen LogP contribution in [-0.4, -0.2) is 58.6 Å². The van der Waals surface area contributed by atoms with E-state index in [0.717, 1.165) is 18.2 Å². The van der Waals surface area contributed by atoms with Gasteiger partial charge >= 0.3 is 0 Å². The average Bonchev–Trinajstić information content (AvgIpc) is 3.18. The van der Waals surface area contributed by atoms with Crippen LogP contribution in [0.5, 0.6) is 17.4 Å². The molecule has 2 aromatic carbocycles. The summed E-state index contributed by atoms with van der Waals surface area (Å²) in [6.45, 7) is 3.04. The van der Waals surface area contributed by atoms with Gasteiger partial charge in [-0.15, -0.1) is 0 Å². The number of ether oxygens (including phenoxy) is 2. The van der Waals surface area contributed by atoms with Crippen molar-refractivity contribution in [3.8, 4) is 17.4 Å². The van der Waals surface area contributed by atoms with Crippen LogP contribution in [0.15, 0.2) is 55.0 Å². The van der Waals surface area contributed by atoms with E-state index in [0.29, 0.717) is 23.6 Å². The number of nitrogens with one attached hydrogen (secondary N) is 2. The number of aryl methyl sites for hydroxylation is 1. The third kappa shape index (κ3) is 6.59. The van der Waals surface area contributed by atoms with Crippen LogP contribution >= 0.6 is 0 Å². The molecule has 2 heterocycles. The van der Waals surface area contributed by atoms with Crippen LogP contribution in [0.3, 0.4) is 0 Å². The van der Waals surface area contributed by atoms with Crippen molar-refractivity contribution in [1.29, 1.82) is 0 Å². The minimum atomic E-state index is -0.748. The number of fused-ring (bicyclic) bond motifs is 1. The SMILES string of the molecule is Cc1c(OCCN(C)C)cn2ncnc(Oc3ccc(NC(=O)CC(=O)Nc4ccc(F)cc4)cc3F)c12. The first kappa shape index (κ1) is 26.5. The number of benzene rings is 2. The normalized spacial score (nSPS) is 11.0. The Balaban J connectivity index is 1.40. The Morgan fingerprint density at radius 3 is 2.37 bits per heavy atom. The summed E-state index contributed by atoms with van der Waals surface area (Å²) >= 11 is 0. The van der Waals surface area contributed by atoms with Gasteiger partial charge in [0.2, 0.25) is 17.7 Å². The Labute approximate surface area is 217 Å². The summed E-state index contributed by atoms with van der Waals surface area (Å²) in [7, 11) is 3.89. The molecule has 0 radical (unpaired) electrons. The number of hydrogen-bond acceptors (Lipinski definition) is 7. The Kier molecular flexibility index (Phi) is 8.12. The lowest BCUT2D eigenvalue weighted by atomic mass is 10.2. The van der Waals surface area contributed by atoms with Crippen LogP contribution in [-0.2, 0) is 9.59 Å². The number of carbonyl (C=O) groups is 2. The van der Waals surface area contributed by atoms with Crippen molar-refractivity contribution in [2.24, 2.45) is 0 Å². The second-order valence-electron chi connectivity index (χ2n) is 8.66. The van der Waals surface area contributed by atoms with E-state index in [-0.39, 0.29) is 17.3 Å². The fraction of sp³-hybridized carbons (Fsp3) is 0.231. The predicted molar refractivity (Wildman–Crippen MR) is 137 cm³/mol. The van der Waals surface area contributed by atoms with E-state index in [4.69, 9.17) is 9.47 Å². The molecule has 2 aromatic heterocycles. The van der Waals surface area contributed by atoms with Crippen molar-refractivity contribution >= 4 is 28.7 Å². The Bertz CT molecular complexity index is 1460. The van der Waals surface area contributed by atoms with Crippen LogP contribution < -0.4 is 20.1 Å². The number of halogens is 2. The highest BCUT2D eigenvalue weighted by Gasteiger charge is 2.18. The van der Waals surface area contributed by atoms with Crippen LogP contribution in [0, 0.1) is 18.6 Å². The fourth-order valence-electron chi connectivity index (χ4n) is 3.52. The van der Waals surface area contributed by atoms with E-state index in [1.165, 1.54) is 42.7 Å². The van der Waals surface area contributed by atoms with E-state index in [2.05, 4.69) is 20.7 Å². The maximum Gasteiger partial charge on any atom is 0.247 e. The van der Waals surface area contributed by atoms with E-state index in [9.17, 15) is 18.4 Å². The number of rotatable bonds is 10. The van der Waals surface area contributed by atoms with Gasteiger partial charge in [-0.1, -0.05) is 0 Å². The van der Waals surface area contributed by atoms with Crippen molar-refractivity contribution in [2.45, 2.75) is 13.3 Å². The first-order valence-electron chi connectivity index (χ1n) is 11.6. The molecule has 198 valence electrons. The summed E-state index contributed by atoms with van der Waals surface area (Å²) in [6, 6.07) is 8.97. The van der Waals surface area contributed by atoms with Gasteiger partial charge in [0.1, 0.15) is 36.4 Å². The highest BCUT2D eigenvalue weighted by Crippen LogP contribution is 2.33. The van der Waals surface area contributed by atoms with Crippen molar-refractivity contribution in [3.05, 3.63) is 72.2 Å². The number of nitrogens with zero attached hydrogens (tertiary/aromatic N) is 4. The molecule has 12 heteroatoms. The van der Waals surface area contributed by atoms with Gasteiger partial charge in [-0.05, 0) is 57.4 Å². The highest BCUT2D eigenvalue weighted by atomic mass is 19.1. The Hall–Kier alpha value is -4.58. The molecule has 38 heavy (non-hydrogen) atoms. The van der Waals surface area contributed by atoms with Crippen molar-refractivity contribution in [2.75, 3.05) is 37.9 Å². The lowest BCUT2D eigenvalue weighted by molar-refractivity contribution is -0.123. The molecule has 0 atom stereocenters. The molecular formula is C26H26F2N6O4. The van der Waals surface area contributed by atoms with Crippen LogP contribution in [0.4, 0.5) is 20.2 Å². The molecule has 0 bridgehead atoms. The zero-order chi connectivity index (χ0) is 27.2.